The Morgan fingerprint density at radius 2 is 1.28 bits per heavy atom. The Hall–Kier alpha value is -0.683. The van der Waals surface area contributed by atoms with Gasteiger partial charge < -0.3 is 4.43 Å². The molecule has 18 heavy (non-hydrogen) atoms. The summed E-state index contributed by atoms with van der Waals surface area (Å²) >= 11 is 0. The van der Waals surface area contributed by atoms with Crippen LogP contribution in [0.15, 0.2) is 12.1 Å². The van der Waals surface area contributed by atoms with Gasteiger partial charge in [-0.1, -0.05) is 17.7 Å². The molecule has 1 aromatic carbocycles. The Morgan fingerprint density at radius 1 is 0.889 bits per heavy atom. The van der Waals surface area contributed by atoms with E-state index in [2.05, 4.69) is 70.2 Å². The van der Waals surface area contributed by atoms with Gasteiger partial charge in [0.2, 0.25) is 0 Å². The van der Waals surface area contributed by atoms with Crippen molar-refractivity contribution in [2.24, 2.45) is 0 Å². The van der Waals surface area contributed by atoms with Crippen LogP contribution in [0.5, 0.6) is 0 Å². The minimum Gasteiger partial charge on any atom is -0.392 e. The van der Waals surface area contributed by atoms with Crippen molar-refractivity contribution in [3.8, 4) is 0 Å². The van der Waals surface area contributed by atoms with Crippen LogP contribution in [0.2, 0.25) is 0 Å². The standard InChI is InChI=1S/C14H26N2OSi/c1-11-9-12(2)14(13(3)10-11)18(17-8,15(4)5)16(6)7/h9-10H,1-8H3. The van der Waals surface area contributed by atoms with Crippen molar-refractivity contribution in [2.75, 3.05) is 35.3 Å². The van der Waals surface area contributed by atoms with E-state index in [0.29, 0.717) is 0 Å². The van der Waals surface area contributed by atoms with Crippen molar-refractivity contribution >= 4 is 13.8 Å². The third-order valence-corrected chi connectivity index (χ3v) is 7.93. The Labute approximate surface area is 113 Å². The van der Waals surface area contributed by atoms with Crippen LogP contribution in [0.4, 0.5) is 0 Å². The second-order valence-corrected chi connectivity index (χ2v) is 9.29. The Morgan fingerprint density at radius 3 is 1.56 bits per heavy atom. The minimum atomic E-state index is -2.25. The molecular formula is C14H26N2OSi. The van der Waals surface area contributed by atoms with Gasteiger partial charge in [0.15, 0.2) is 0 Å². The van der Waals surface area contributed by atoms with Gasteiger partial charge in [-0.05, 0) is 60.1 Å². The molecule has 1 aromatic rings. The third kappa shape index (κ3) is 2.38. The zero-order valence-electron chi connectivity index (χ0n) is 13.0. The van der Waals surface area contributed by atoms with Gasteiger partial charge in [0.1, 0.15) is 0 Å². The van der Waals surface area contributed by atoms with Crippen molar-refractivity contribution < 1.29 is 4.43 Å². The number of hydrogen-bond acceptors (Lipinski definition) is 3. The molecule has 4 heteroatoms. The molecule has 0 aliphatic carbocycles. The predicted octanol–water partition coefficient (Wildman–Crippen LogP) is 1.53. The number of benzene rings is 1. The molecule has 0 N–H and O–H groups in total. The van der Waals surface area contributed by atoms with Gasteiger partial charge in [-0.15, -0.1) is 0 Å². The zero-order chi connectivity index (χ0) is 14.1. The molecule has 0 aliphatic heterocycles. The molecule has 0 aromatic heterocycles. The normalized spacial score (nSPS) is 12.6. The molecule has 0 amide bonds. The van der Waals surface area contributed by atoms with E-state index in [0.717, 1.165) is 0 Å². The first kappa shape index (κ1) is 15.4. The second-order valence-electron chi connectivity index (χ2n) is 5.37. The summed E-state index contributed by atoms with van der Waals surface area (Å²) in [5.74, 6) is 0. The van der Waals surface area contributed by atoms with E-state index in [4.69, 9.17) is 4.43 Å². The average Bonchev–Trinajstić information content (AvgIpc) is 2.21. The molecule has 3 nitrogen and oxygen atoms in total. The van der Waals surface area contributed by atoms with Gasteiger partial charge in [0, 0.05) is 12.3 Å². The van der Waals surface area contributed by atoms with E-state index < -0.39 is 8.64 Å². The molecule has 0 saturated carbocycles. The van der Waals surface area contributed by atoms with Crippen LogP contribution in [0.3, 0.4) is 0 Å². The highest BCUT2D eigenvalue weighted by atomic mass is 28.4. The lowest BCUT2D eigenvalue weighted by Gasteiger charge is -2.42. The third-order valence-electron chi connectivity index (χ3n) is 3.50. The Kier molecular flexibility index (Phi) is 4.72. The number of rotatable bonds is 4. The van der Waals surface area contributed by atoms with Crippen molar-refractivity contribution in [2.45, 2.75) is 20.8 Å². The van der Waals surface area contributed by atoms with Crippen LogP contribution in [0.1, 0.15) is 16.7 Å². The summed E-state index contributed by atoms with van der Waals surface area (Å²) in [6.07, 6.45) is 0. The fourth-order valence-corrected chi connectivity index (χ4v) is 6.81. The van der Waals surface area contributed by atoms with E-state index >= 15 is 0 Å². The maximum atomic E-state index is 6.04. The molecule has 0 radical (unpaired) electrons. The van der Waals surface area contributed by atoms with Crippen LogP contribution in [0.25, 0.3) is 0 Å². The van der Waals surface area contributed by atoms with Crippen molar-refractivity contribution in [3.05, 3.63) is 28.8 Å². The molecule has 0 spiro atoms. The predicted molar refractivity (Wildman–Crippen MR) is 80.4 cm³/mol. The minimum absolute atomic E-state index is 1.31. The van der Waals surface area contributed by atoms with E-state index in [1.54, 1.807) is 0 Å². The summed E-state index contributed by atoms with van der Waals surface area (Å²) in [6.45, 7) is 6.51. The maximum Gasteiger partial charge on any atom is 0.391 e. The quantitative estimate of drug-likeness (QED) is 0.769. The monoisotopic (exact) mass is 266 g/mol. The van der Waals surface area contributed by atoms with E-state index in [-0.39, 0.29) is 0 Å². The Balaban J connectivity index is 3.58. The average molecular weight is 266 g/mol. The lowest BCUT2D eigenvalue weighted by Crippen LogP contribution is -2.71. The van der Waals surface area contributed by atoms with Crippen LogP contribution in [-0.2, 0) is 4.43 Å². The molecule has 102 valence electrons. The summed E-state index contributed by atoms with van der Waals surface area (Å²) in [6, 6.07) is 4.49. The summed E-state index contributed by atoms with van der Waals surface area (Å²) in [5.41, 5.74) is 3.96. The number of aryl methyl sites for hydroxylation is 3. The lowest BCUT2D eigenvalue weighted by molar-refractivity contribution is 0.281. The molecule has 0 atom stereocenters. The van der Waals surface area contributed by atoms with Gasteiger partial charge in [-0.2, -0.15) is 0 Å². The molecular weight excluding hydrogens is 240 g/mol. The molecule has 0 heterocycles. The fourth-order valence-electron chi connectivity index (χ4n) is 3.01. The van der Waals surface area contributed by atoms with E-state index in [1.807, 2.05) is 7.11 Å². The van der Waals surface area contributed by atoms with Gasteiger partial charge in [0.05, 0.1) is 0 Å². The van der Waals surface area contributed by atoms with Gasteiger partial charge >= 0.3 is 8.64 Å². The smallest absolute Gasteiger partial charge is 0.391 e. The van der Waals surface area contributed by atoms with Crippen molar-refractivity contribution in [3.63, 3.8) is 0 Å². The van der Waals surface area contributed by atoms with Crippen LogP contribution in [0, 0.1) is 20.8 Å². The maximum absolute atomic E-state index is 6.04. The van der Waals surface area contributed by atoms with Gasteiger partial charge in [-0.3, -0.25) is 9.13 Å². The SMILES string of the molecule is CO[Si](c1c(C)cc(C)cc1C)(N(C)C)N(C)C. The van der Waals surface area contributed by atoms with Crippen LogP contribution < -0.4 is 5.19 Å². The highest BCUT2D eigenvalue weighted by Crippen LogP contribution is 2.17. The molecule has 0 unspecified atom stereocenters. The van der Waals surface area contributed by atoms with Crippen LogP contribution >= 0.6 is 0 Å². The molecule has 0 bridgehead atoms. The van der Waals surface area contributed by atoms with Crippen LogP contribution in [-0.4, -0.2) is 53.1 Å². The number of hydrogen-bond donors (Lipinski definition) is 0. The van der Waals surface area contributed by atoms with E-state index in [9.17, 15) is 0 Å². The summed E-state index contributed by atoms with van der Waals surface area (Å²) in [4.78, 5) is 0. The number of nitrogens with zero attached hydrogens (tertiary/aromatic N) is 2. The zero-order valence-corrected chi connectivity index (χ0v) is 14.0. The highest BCUT2D eigenvalue weighted by Gasteiger charge is 2.45. The van der Waals surface area contributed by atoms with Crippen molar-refractivity contribution in [1.82, 2.24) is 9.13 Å². The van der Waals surface area contributed by atoms with Gasteiger partial charge in [0.25, 0.3) is 0 Å². The summed E-state index contributed by atoms with van der Waals surface area (Å²) in [7, 11) is 8.00. The molecule has 0 fully saturated rings. The van der Waals surface area contributed by atoms with Gasteiger partial charge in [-0.25, -0.2) is 0 Å². The Bertz CT molecular complexity index is 399. The first-order valence-electron chi connectivity index (χ1n) is 6.25. The first-order chi connectivity index (χ1) is 8.27. The summed E-state index contributed by atoms with van der Waals surface area (Å²) < 4.78 is 10.5. The first-order valence-corrected chi connectivity index (χ1v) is 8.06. The highest BCUT2D eigenvalue weighted by molar-refractivity contribution is 6.82. The summed E-state index contributed by atoms with van der Waals surface area (Å²) in [5, 5.41) is 1.37. The second kappa shape index (κ2) is 5.53. The van der Waals surface area contributed by atoms with Crippen molar-refractivity contribution in [1.29, 1.82) is 0 Å². The largest absolute Gasteiger partial charge is 0.392 e. The topological polar surface area (TPSA) is 15.7 Å². The molecule has 0 aliphatic rings. The lowest BCUT2D eigenvalue weighted by atomic mass is 10.1. The fraction of sp³-hybridized carbons (Fsp3) is 0.571. The van der Waals surface area contributed by atoms with E-state index in [1.165, 1.54) is 21.9 Å². The molecule has 1 rings (SSSR count). The molecule has 0 saturated heterocycles.